The van der Waals surface area contributed by atoms with Crippen molar-refractivity contribution in [3.63, 3.8) is 0 Å². The van der Waals surface area contributed by atoms with Crippen LogP contribution in [0.15, 0.2) is 5.16 Å². The molecule has 2 fully saturated rings. The van der Waals surface area contributed by atoms with Gasteiger partial charge in [-0.05, 0) is 25.2 Å². The summed E-state index contributed by atoms with van der Waals surface area (Å²) in [6.45, 7) is 6.45. The Morgan fingerprint density at radius 1 is 1.50 bits per heavy atom. The summed E-state index contributed by atoms with van der Waals surface area (Å²) in [6, 6.07) is 0. The predicted molar refractivity (Wildman–Crippen MR) is 45.5 cm³/mol. The van der Waals surface area contributed by atoms with Gasteiger partial charge < -0.3 is 9.94 Å². The first kappa shape index (κ1) is 8.05. The highest BCUT2D eigenvalue weighted by molar-refractivity contribution is 5.93. The van der Waals surface area contributed by atoms with Crippen LogP contribution in [0.3, 0.4) is 0 Å². The molecule has 1 aliphatic carbocycles. The summed E-state index contributed by atoms with van der Waals surface area (Å²) in [5, 5.41) is 12.0. The lowest BCUT2D eigenvalue weighted by molar-refractivity contribution is 0.222. The zero-order chi connectivity index (χ0) is 8.98. The van der Waals surface area contributed by atoms with Crippen molar-refractivity contribution in [2.75, 3.05) is 0 Å². The standard InChI is InChI=1S/C9H15NO2/c1-8(2)4-6(10-11)7-9(3,5-8)12-7/h7,11H,4-5H2,1-3H3. The number of rotatable bonds is 0. The van der Waals surface area contributed by atoms with Crippen molar-refractivity contribution in [3.05, 3.63) is 0 Å². The lowest BCUT2D eigenvalue weighted by atomic mass is 9.72. The van der Waals surface area contributed by atoms with Crippen molar-refractivity contribution < 1.29 is 9.94 Å². The largest absolute Gasteiger partial charge is 0.411 e. The van der Waals surface area contributed by atoms with Crippen molar-refractivity contribution in [1.82, 2.24) is 0 Å². The third-order valence-electron chi connectivity index (χ3n) is 2.80. The zero-order valence-electron chi connectivity index (χ0n) is 7.79. The topological polar surface area (TPSA) is 45.1 Å². The molecule has 1 saturated carbocycles. The summed E-state index contributed by atoms with van der Waals surface area (Å²) in [5.41, 5.74) is 0.987. The van der Waals surface area contributed by atoms with E-state index >= 15 is 0 Å². The monoisotopic (exact) mass is 169 g/mol. The maximum Gasteiger partial charge on any atom is 0.128 e. The highest BCUT2D eigenvalue weighted by Gasteiger charge is 2.61. The average molecular weight is 169 g/mol. The van der Waals surface area contributed by atoms with Crippen LogP contribution in [-0.2, 0) is 4.74 Å². The maximum atomic E-state index is 8.74. The van der Waals surface area contributed by atoms with Gasteiger partial charge in [-0.25, -0.2) is 0 Å². The van der Waals surface area contributed by atoms with Crippen LogP contribution in [0, 0.1) is 5.41 Å². The van der Waals surface area contributed by atoms with Gasteiger partial charge in [-0.1, -0.05) is 19.0 Å². The van der Waals surface area contributed by atoms with Crippen LogP contribution in [0.25, 0.3) is 0 Å². The molecule has 2 unspecified atom stereocenters. The van der Waals surface area contributed by atoms with E-state index in [0.717, 1.165) is 18.6 Å². The Bertz CT molecular complexity index is 244. The van der Waals surface area contributed by atoms with E-state index in [9.17, 15) is 0 Å². The SMILES string of the molecule is CC1(C)CC(=NO)C2OC2(C)C1. The first-order valence-electron chi connectivity index (χ1n) is 4.35. The number of hydrogen-bond acceptors (Lipinski definition) is 3. The van der Waals surface area contributed by atoms with Crippen molar-refractivity contribution in [2.45, 2.75) is 45.3 Å². The molecule has 1 N–H and O–H groups in total. The third-order valence-corrected chi connectivity index (χ3v) is 2.80. The molecule has 68 valence electrons. The number of nitrogens with zero attached hydrogens (tertiary/aromatic N) is 1. The molecule has 2 aliphatic rings. The molecule has 2 atom stereocenters. The van der Waals surface area contributed by atoms with E-state index in [2.05, 4.69) is 25.9 Å². The summed E-state index contributed by atoms with van der Waals surface area (Å²) in [4.78, 5) is 0. The minimum absolute atomic E-state index is 0.0384. The molecule has 0 bridgehead atoms. The van der Waals surface area contributed by atoms with Gasteiger partial charge in [0.05, 0.1) is 11.3 Å². The quantitative estimate of drug-likeness (QED) is 0.341. The van der Waals surface area contributed by atoms with Crippen molar-refractivity contribution in [3.8, 4) is 0 Å². The highest BCUT2D eigenvalue weighted by atomic mass is 16.6. The van der Waals surface area contributed by atoms with Crippen LogP contribution in [0.2, 0.25) is 0 Å². The fourth-order valence-electron chi connectivity index (χ4n) is 2.47. The summed E-state index contributed by atoms with van der Waals surface area (Å²) >= 11 is 0. The van der Waals surface area contributed by atoms with Gasteiger partial charge in [0.1, 0.15) is 6.10 Å². The molecule has 2 rings (SSSR count). The molecule has 0 amide bonds. The van der Waals surface area contributed by atoms with Gasteiger partial charge in [0.2, 0.25) is 0 Å². The summed E-state index contributed by atoms with van der Waals surface area (Å²) in [5.74, 6) is 0. The summed E-state index contributed by atoms with van der Waals surface area (Å²) < 4.78 is 5.51. The minimum Gasteiger partial charge on any atom is -0.411 e. The van der Waals surface area contributed by atoms with Crippen LogP contribution in [0.5, 0.6) is 0 Å². The van der Waals surface area contributed by atoms with E-state index in [1.807, 2.05) is 0 Å². The second-order valence-corrected chi connectivity index (χ2v) is 4.92. The van der Waals surface area contributed by atoms with Gasteiger partial charge in [0.15, 0.2) is 0 Å². The number of ether oxygens (including phenoxy) is 1. The normalized spacial score (nSPS) is 47.2. The van der Waals surface area contributed by atoms with Crippen molar-refractivity contribution in [2.24, 2.45) is 10.6 Å². The molecule has 3 nitrogen and oxygen atoms in total. The third kappa shape index (κ3) is 1.04. The lowest BCUT2D eigenvalue weighted by Crippen LogP contribution is -2.34. The maximum absolute atomic E-state index is 8.74. The number of epoxide rings is 1. The van der Waals surface area contributed by atoms with Crippen LogP contribution < -0.4 is 0 Å². The van der Waals surface area contributed by atoms with Crippen molar-refractivity contribution >= 4 is 5.71 Å². The van der Waals surface area contributed by atoms with Crippen LogP contribution in [0.4, 0.5) is 0 Å². The molecule has 12 heavy (non-hydrogen) atoms. The molecule has 1 saturated heterocycles. The average Bonchev–Trinajstić information content (AvgIpc) is 2.56. The van der Waals surface area contributed by atoms with Crippen LogP contribution in [0.1, 0.15) is 33.6 Å². The minimum atomic E-state index is -0.0384. The first-order valence-corrected chi connectivity index (χ1v) is 4.35. The molecule has 0 radical (unpaired) electrons. The molecule has 0 aromatic carbocycles. The van der Waals surface area contributed by atoms with Gasteiger partial charge in [0.25, 0.3) is 0 Å². The van der Waals surface area contributed by atoms with Gasteiger partial charge in [0, 0.05) is 0 Å². The first-order chi connectivity index (χ1) is 5.47. The van der Waals surface area contributed by atoms with E-state index in [-0.39, 0.29) is 17.1 Å². The Balaban J connectivity index is 2.24. The van der Waals surface area contributed by atoms with E-state index in [4.69, 9.17) is 9.94 Å². The van der Waals surface area contributed by atoms with E-state index < -0.39 is 0 Å². The number of oxime groups is 1. The lowest BCUT2D eigenvalue weighted by Gasteiger charge is -2.30. The zero-order valence-corrected chi connectivity index (χ0v) is 7.79. The molecular weight excluding hydrogens is 154 g/mol. The number of hydrogen-bond donors (Lipinski definition) is 1. The second kappa shape index (κ2) is 2.02. The Hall–Kier alpha value is -0.570. The molecule has 0 aromatic heterocycles. The van der Waals surface area contributed by atoms with E-state index in [1.54, 1.807) is 0 Å². The molecule has 0 spiro atoms. The summed E-state index contributed by atoms with van der Waals surface area (Å²) in [7, 11) is 0. The second-order valence-electron chi connectivity index (χ2n) is 4.92. The van der Waals surface area contributed by atoms with Crippen LogP contribution >= 0.6 is 0 Å². The van der Waals surface area contributed by atoms with Crippen molar-refractivity contribution in [1.29, 1.82) is 0 Å². The van der Waals surface area contributed by atoms with E-state index in [0.29, 0.717) is 0 Å². The fraction of sp³-hybridized carbons (Fsp3) is 0.889. The molecule has 1 aliphatic heterocycles. The Labute approximate surface area is 72.4 Å². The van der Waals surface area contributed by atoms with Gasteiger partial charge in [-0.15, -0.1) is 0 Å². The fourth-order valence-corrected chi connectivity index (χ4v) is 2.47. The molecule has 1 heterocycles. The van der Waals surface area contributed by atoms with Gasteiger partial charge in [-0.2, -0.15) is 0 Å². The predicted octanol–water partition coefficient (Wildman–Crippen LogP) is 1.79. The van der Waals surface area contributed by atoms with Crippen LogP contribution in [-0.4, -0.2) is 22.6 Å². The Morgan fingerprint density at radius 2 is 2.17 bits per heavy atom. The Kier molecular flexibility index (Phi) is 1.35. The molecule has 0 aromatic rings. The van der Waals surface area contributed by atoms with Gasteiger partial charge in [-0.3, -0.25) is 0 Å². The summed E-state index contributed by atoms with van der Waals surface area (Å²) in [6.07, 6.45) is 2.00. The Morgan fingerprint density at radius 3 is 2.75 bits per heavy atom. The van der Waals surface area contributed by atoms with E-state index in [1.165, 1.54) is 0 Å². The highest BCUT2D eigenvalue weighted by Crippen LogP contribution is 2.52. The smallest absolute Gasteiger partial charge is 0.128 e. The molecule has 3 heteroatoms. The van der Waals surface area contributed by atoms with Gasteiger partial charge >= 0.3 is 0 Å². The number of fused-ring (bicyclic) bond motifs is 1. The molecular formula is C9H15NO2.